The molecule has 11 nitrogen and oxygen atoms in total. The van der Waals surface area contributed by atoms with Crippen LogP contribution in [-0.4, -0.2) is 87.9 Å². The summed E-state index contributed by atoms with van der Waals surface area (Å²) in [4.78, 5) is 37.7. The first-order valence-electron chi connectivity index (χ1n) is 11.1. The van der Waals surface area contributed by atoms with Crippen LogP contribution < -0.4 is 15.4 Å². The van der Waals surface area contributed by atoms with Crippen LogP contribution in [0, 0.1) is 6.92 Å². The Labute approximate surface area is 213 Å². The Balaban J connectivity index is 1.48. The van der Waals surface area contributed by atoms with Gasteiger partial charge in [-0.2, -0.15) is 0 Å². The smallest absolute Gasteiger partial charge is 0.404 e. The van der Waals surface area contributed by atoms with E-state index in [2.05, 4.69) is 40.4 Å². The van der Waals surface area contributed by atoms with Crippen LogP contribution in [-0.2, 0) is 4.79 Å². The first-order chi connectivity index (χ1) is 17.6. The van der Waals surface area contributed by atoms with Crippen molar-refractivity contribution in [3.63, 3.8) is 0 Å². The van der Waals surface area contributed by atoms with Crippen LogP contribution >= 0.6 is 11.3 Å². The predicted molar refractivity (Wildman–Crippen MR) is 129 cm³/mol. The van der Waals surface area contributed by atoms with Crippen LogP contribution in [0.5, 0.6) is 5.75 Å². The number of carbonyl (C=O) groups excluding carboxylic acids is 2. The van der Waals surface area contributed by atoms with Crippen molar-refractivity contribution < 1.29 is 27.5 Å². The minimum Gasteiger partial charge on any atom is -0.404 e. The summed E-state index contributed by atoms with van der Waals surface area (Å²) in [5.74, 6) is -1.82. The Morgan fingerprint density at radius 1 is 1.11 bits per heavy atom. The predicted octanol–water partition coefficient (Wildman–Crippen LogP) is 2.64. The summed E-state index contributed by atoms with van der Waals surface area (Å²) in [7, 11) is 1.97. The third-order valence-electron chi connectivity index (χ3n) is 5.32. The lowest BCUT2D eigenvalue weighted by molar-refractivity contribution is -0.274. The lowest BCUT2D eigenvalue weighted by atomic mass is 10.1. The number of aryl methyl sites for hydroxylation is 1. The number of anilines is 2. The lowest BCUT2D eigenvalue weighted by Gasteiger charge is -2.31. The van der Waals surface area contributed by atoms with Gasteiger partial charge in [-0.15, -0.1) is 23.4 Å². The summed E-state index contributed by atoms with van der Waals surface area (Å²) in [5.41, 5.74) is 0.868. The van der Waals surface area contributed by atoms with Crippen molar-refractivity contribution in [2.24, 2.45) is 0 Å². The molecular formula is C22H23F3N8O3S. The first-order valence-corrected chi connectivity index (χ1v) is 11.9. The number of hydrogen-bond donors (Lipinski definition) is 2. The van der Waals surface area contributed by atoms with E-state index < -0.39 is 23.9 Å². The Morgan fingerprint density at radius 3 is 2.57 bits per heavy atom. The van der Waals surface area contributed by atoms with Crippen LogP contribution in [0.4, 0.5) is 24.0 Å². The number of nitrogens with zero attached hydrogens (tertiary/aromatic N) is 6. The van der Waals surface area contributed by atoms with Crippen molar-refractivity contribution >= 4 is 34.0 Å². The molecule has 3 aromatic rings. The monoisotopic (exact) mass is 536 g/mol. The maximum Gasteiger partial charge on any atom is 0.573 e. The van der Waals surface area contributed by atoms with E-state index in [0.29, 0.717) is 29.5 Å². The molecule has 1 aliphatic rings. The molecule has 2 N–H and O–H groups in total. The number of benzene rings is 1. The average Bonchev–Trinajstić information content (AvgIpc) is 3.29. The van der Waals surface area contributed by atoms with E-state index in [0.717, 1.165) is 42.6 Å². The second-order valence-electron chi connectivity index (χ2n) is 8.30. The number of halogens is 3. The molecule has 0 atom stereocenters. The Bertz CT molecular complexity index is 1280. The maximum atomic E-state index is 12.9. The zero-order valence-corrected chi connectivity index (χ0v) is 20.7. The van der Waals surface area contributed by atoms with Gasteiger partial charge in [-0.05, 0) is 32.2 Å². The molecule has 15 heteroatoms. The number of amides is 2. The third-order valence-corrected chi connectivity index (χ3v) is 6.19. The molecule has 37 heavy (non-hydrogen) atoms. The molecule has 0 saturated carbocycles. The quantitative estimate of drug-likeness (QED) is 0.469. The maximum absolute atomic E-state index is 12.9. The Hall–Kier alpha value is -3.69. The van der Waals surface area contributed by atoms with Gasteiger partial charge in [0.15, 0.2) is 10.8 Å². The van der Waals surface area contributed by atoms with Crippen molar-refractivity contribution in [1.29, 1.82) is 0 Å². The van der Waals surface area contributed by atoms with Crippen LogP contribution in [0.25, 0.3) is 10.7 Å². The standard InChI is InChI=1S/C22H23F3N8O3S/c1-13-10-26-11-16(27-13)20-30-31-21(37-20)29-19(35)14-3-4-17(36-22(23,24)25)15(9-14)28-18(34)12-33-7-5-32(2)6-8-33/h3-4,9-11H,5-8,12H2,1-2H3,(H,28,34)(H,29,31,35). The van der Waals surface area contributed by atoms with E-state index in [1.54, 1.807) is 13.1 Å². The number of carbonyl (C=O) groups is 2. The second kappa shape index (κ2) is 11.1. The summed E-state index contributed by atoms with van der Waals surface area (Å²) in [6, 6.07) is 3.24. The SMILES string of the molecule is Cc1cncc(-c2nnc(NC(=O)c3ccc(OC(F)(F)F)c(NC(=O)CN4CCN(C)CC4)c3)s2)n1. The van der Waals surface area contributed by atoms with E-state index in [1.165, 1.54) is 6.20 Å². The van der Waals surface area contributed by atoms with Gasteiger partial charge < -0.3 is 15.0 Å². The number of aromatic nitrogens is 4. The fourth-order valence-corrected chi connectivity index (χ4v) is 4.19. The summed E-state index contributed by atoms with van der Waals surface area (Å²) in [5, 5.41) is 13.5. The largest absolute Gasteiger partial charge is 0.573 e. The van der Waals surface area contributed by atoms with E-state index in [-0.39, 0.29) is 22.9 Å². The number of hydrogen-bond acceptors (Lipinski definition) is 10. The molecule has 3 heterocycles. The molecule has 2 aromatic heterocycles. The van der Waals surface area contributed by atoms with Crippen molar-refractivity contribution in [3.8, 4) is 16.5 Å². The average molecular weight is 537 g/mol. The van der Waals surface area contributed by atoms with Crippen molar-refractivity contribution in [2.75, 3.05) is 50.4 Å². The molecular weight excluding hydrogens is 513 g/mol. The highest BCUT2D eigenvalue weighted by Gasteiger charge is 2.33. The minimum atomic E-state index is -4.98. The van der Waals surface area contributed by atoms with Crippen LogP contribution in [0.1, 0.15) is 16.1 Å². The van der Waals surface area contributed by atoms with Gasteiger partial charge in [-0.1, -0.05) is 11.3 Å². The van der Waals surface area contributed by atoms with E-state index >= 15 is 0 Å². The van der Waals surface area contributed by atoms with Gasteiger partial charge >= 0.3 is 6.36 Å². The molecule has 196 valence electrons. The number of alkyl halides is 3. The normalized spacial score (nSPS) is 14.8. The zero-order valence-electron chi connectivity index (χ0n) is 19.9. The number of rotatable bonds is 7. The third kappa shape index (κ3) is 7.41. The van der Waals surface area contributed by atoms with Crippen molar-refractivity contribution in [2.45, 2.75) is 13.3 Å². The molecule has 1 fully saturated rings. The molecule has 1 saturated heterocycles. The van der Waals surface area contributed by atoms with Crippen molar-refractivity contribution in [3.05, 3.63) is 41.9 Å². The Morgan fingerprint density at radius 2 is 1.86 bits per heavy atom. The molecule has 0 radical (unpaired) electrons. The number of piperazine rings is 1. The van der Waals surface area contributed by atoms with Gasteiger partial charge in [-0.3, -0.25) is 24.8 Å². The summed E-state index contributed by atoms with van der Waals surface area (Å²) in [6.07, 6.45) is -1.89. The van der Waals surface area contributed by atoms with Gasteiger partial charge in [0.2, 0.25) is 11.0 Å². The van der Waals surface area contributed by atoms with Gasteiger partial charge in [-0.25, -0.2) is 4.98 Å². The zero-order chi connectivity index (χ0) is 26.6. The fraction of sp³-hybridized carbons (Fsp3) is 0.364. The van der Waals surface area contributed by atoms with Crippen LogP contribution in [0.15, 0.2) is 30.6 Å². The van der Waals surface area contributed by atoms with Crippen LogP contribution in [0.3, 0.4) is 0 Å². The van der Waals surface area contributed by atoms with Gasteiger partial charge in [0.25, 0.3) is 5.91 Å². The highest BCUT2D eigenvalue weighted by Crippen LogP contribution is 2.32. The molecule has 2 amide bonds. The summed E-state index contributed by atoms with van der Waals surface area (Å²) in [6.45, 7) is 4.61. The van der Waals surface area contributed by atoms with E-state index in [9.17, 15) is 22.8 Å². The first kappa shape index (κ1) is 26.4. The molecule has 0 bridgehead atoms. The molecule has 0 aliphatic carbocycles. The van der Waals surface area contributed by atoms with E-state index in [4.69, 9.17) is 0 Å². The molecule has 0 spiro atoms. The molecule has 0 unspecified atom stereocenters. The highest BCUT2D eigenvalue weighted by atomic mass is 32.1. The second-order valence-corrected chi connectivity index (χ2v) is 9.28. The van der Waals surface area contributed by atoms with E-state index in [1.807, 2.05) is 11.9 Å². The Kier molecular flexibility index (Phi) is 7.94. The molecule has 1 aromatic carbocycles. The number of nitrogens with one attached hydrogen (secondary N) is 2. The van der Waals surface area contributed by atoms with Crippen molar-refractivity contribution in [1.82, 2.24) is 30.0 Å². The lowest BCUT2D eigenvalue weighted by Crippen LogP contribution is -2.47. The minimum absolute atomic E-state index is 0.00879. The van der Waals surface area contributed by atoms with Gasteiger partial charge in [0.05, 0.1) is 24.1 Å². The highest BCUT2D eigenvalue weighted by molar-refractivity contribution is 7.18. The van der Waals surface area contributed by atoms with Gasteiger partial charge in [0.1, 0.15) is 5.69 Å². The van der Waals surface area contributed by atoms with Crippen LogP contribution in [0.2, 0.25) is 0 Å². The topological polar surface area (TPSA) is 125 Å². The number of likely N-dealkylation sites (N-methyl/N-ethyl adjacent to an activating group) is 1. The summed E-state index contributed by atoms with van der Waals surface area (Å²) >= 11 is 1.05. The fourth-order valence-electron chi connectivity index (χ4n) is 3.49. The van der Waals surface area contributed by atoms with Gasteiger partial charge in [0, 0.05) is 37.9 Å². The summed E-state index contributed by atoms with van der Waals surface area (Å²) < 4.78 is 42.8. The number of ether oxygens (including phenoxy) is 1. The molecule has 1 aliphatic heterocycles. The molecule has 4 rings (SSSR count).